The molecule has 0 bridgehead atoms. The Morgan fingerprint density at radius 2 is 2.25 bits per heavy atom. The molecular formula is C12H14BrClO2. The molecule has 4 heteroatoms. The van der Waals surface area contributed by atoms with Crippen LogP contribution < -0.4 is 0 Å². The van der Waals surface area contributed by atoms with Gasteiger partial charge in [-0.1, -0.05) is 33.6 Å². The quantitative estimate of drug-likeness (QED) is 0.929. The van der Waals surface area contributed by atoms with Crippen molar-refractivity contribution in [1.29, 1.82) is 0 Å². The van der Waals surface area contributed by atoms with Gasteiger partial charge in [-0.2, -0.15) is 0 Å². The molecule has 1 saturated carbocycles. The van der Waals surface area contributed by atoms with Crippen LogP contribution in [-0.4, -0.2) is 23.9 Å². The number of hydrogen-bond acceptors (Lipinski definition) is 2. The third-order valence-electron chi connectivity index (χ3n) is 3.08. The van der Waals surface area contributed by atoms with E-state index in [1.54, 1.807) is 7.11 Å². The lowest BCUT2D eigenvalue weighted by molar-refractivity contribution is -0.126. The van der Waals surface area contributed by atoms with Crippen molar-refractivity contribution in [1.82, 2.24) is 0 Å². The van der Waals surface area contributed by atoms with Crippen molar-refractivity contribution in [2.45, 2.75) is 31.0 Å². The third kappa shape index (κ3) is 2.59. The van der Waals surface area contributed by atoms with Gasteiger partial charge in [0.2, 0.25) is 0 Å². The van der Waals surface area contributed by atoms with E-state index < -0.39 is 5.60 Å². The molecule has 0 aliphatic heterocycles. The maximum atomic E-state index is 10.2. The predicted molar refractivity (Wildman–Crippen MR) is 67.8 cm³/mol. The van der Waals surface area contributed by atoms with Gasteiger partial charge in [0.05, 0.1) is 11.7 Å². The van der Waals surface area contributed by atoms with Crippen LogP contribution in [0.2, 0.25) is 5.02 Å². The van der Waals surface area contributed by atoms with Gasteiger partial charge in [-0.3, -0.25) is 0 Å². The molecule has 0 amide bonds. The Labute approximate surface area is 109 Å². The standard InChI is InChI=1S/C12H14BrClO2/c1-16-10-6-12(15,7-10)5-8-2-3-9(13)4-11(8)14/h2-4,10,15H,5-7H2,1H3. The van der Waals surface area contributed by atoms with Crippen LogP contribution in [0.4, 0.5) is 0 Å². The zero-order valence-corrected chi connectivity index (χ0v) is 11.4. The molecule has 0 spiro atoms. The average Bonchev–Trinajstić information content (AvgIpc) is 2.18. The second-order valence-electron chi connectivity index (χ2n) is 4.40. The van der Waals surface area contributed by atoms with E-state index in [-0.39, 0.29) is 6.10 Å². The Balaban J connectivity index is 2.05. The van der Waals surface area contributed by atoms with Gasteiger partial charge in [0.15, 0.2) is 0 Å². The highest BCUT2D eigenvalue weighted by Crippen LogP contribution is 2.38. The Morgan fingerprint density at radius 3 is 2.81 bits per heavy atom. The second-order valence-corrected chi connectivity index (χ2v) is 5.73. The summed E-state index contributed by atoms with van der Waals surface area (Å²) in [4.78, 5) is 0. The van der Waals surface area contributed by atoms with E-state index in [1.807, 2.05) is 18.2 Å². The number of benzene rings is 1. The molecule has 2 rings (SSSR count). The fraction of sp³-hybridized carbons (Fsp3) is 0.500. The first-order valence-corrected chi connectivity index (χ1v) is 6.39. The van der Waals surface area contributed by atoms with Gasteiger partial charge >= 0.3 is 0 Å². The molecule has 2 nitrogen and oxygen atoms in total. The van der Waals surface area contributed by atoms with Crippen molar-refractivity contribution < 1.29 is 9.84 Å². The fourth-order valence-corrected chi connectivity index (χ4v) is 2.86. The zero-order chi connectivity index (χ0) is 11.8. The van der Waals surface area contributed by atoms with Crippen LogP contribution in [0.5, 0.6) is 0 Å². The summed E-state index contributed by atoms with van der Waals surface area (Å²) >= 11 is 9.48. The van der Waals surface area contributed by atoms with Gasteiger partial charge in [-0.15, -0.1) is 0 Å². The first kappa shape index (κ1) is 12.4. The summed E-state index contributed by atoms with van der Waals surface area (Å²) in [7, 11) is 1.68. The molecule has 1 fully saturated rings. The van der Waals surface area contributed by atoms with E-state index in [1.165, 1.54) is 0 Å². The molecule has 1 aromatic carbocycles. The summed E-state index contributed by atoms with van der Waals surface area (Å²) in [6.07, 6.45) is 2.17. The van der Waals surface area contributed by atoms with E-state index in [4.69, 9.17) is 16.3 Å². The van der Waals surface area contributed by atoms with Crippen LogP contribution >= 0.6 is 27.5 Å². The van der Waals surface area contributed by atoms with Crippen molar-refractivity contribution >= 4 is 27.5 Å². The van der Waals surface area contributed by atoms with E-state index in [2.05, 4.69) is 15.9 Å². The molecule has 88 valence electrons. The lowest BCUT2D eigenvalue weighted by atomic mass is 9.74. The van der Waals surface area contributed by atoms with Gasteiger partial charge in [0.25, 0.3) is 0 Å². The number of ether oxygens (including phenoxy) is 1. The maximum Gasteiger partial charge on any atom is 0.0737 e. The van der Waals surface area contributed by atoms with Crippen LogP contribution in [0, 0.1) is 0 Å². The number of rotatable bonds is 3. The van der Waals surface area contributed by atoms with Crippen LogP contribution in [0.1, 0.15) is 18.4 Å². The molecule has 1 N–H and O–H groups in total. The summed E-state index contributed by atoms with van der Waals surface area (Å²) < 4.78 is 6.12. The Kier molecular flexibility index (Phi) is 3.59. The lowest BCUT2D eigenvalue weighted by Crippen LogP contribution is -2.49. The largest absolute Gasteiger partial charge is 0.389 e. The van der Waals surface area contributed by atoms with Crippen molar-refractivity contribution in [2.75, 3.05) is 7.11 Å². The van der Waals surface area contributed by atoms with Crippen LogP contribution in [0.25, 0.3) is 0 Å². The minimum absolute atomic E-state index is 0.194. The van der Waals surface area contributed by atoms with Crippen molar-refractivity contribution in [3.8, 4) is 0 Å². The number of halogens is 2. The number of aliphatic hydroxyl groups is 1. The summed E-state index contributed by atoms with van der Waals surface area (Å²) in [5, 5.41) is 10.9. The third-order valence-corrected chi connectivity index (χ3v) is 3.93. The maximum absolute atomic E-state index is 10.2. The van der Waals surface area contributed by atoms with Gasteiger partial charge in [0, 0.05) is 35.9 Å². The highest BCUT2D eigenvalue weighted by atomic mass is 79.9. The van der Waals surface area contributed by atoms with Crippen molar-refractivity contribution in [2.24, 2.45) is 0 Å². The lowest BCUT2D eigenvalue weighted by Gasteiger charge is -2.43. The topological polar surface area (TPSA) is 29.5 Å². The van der Waals surface area contributed by atoms with Crippen molar-refractivity contribution in [3.63, 3.8) is 0 Å². The smallest absolute Gasteiger partial charge is 0.0737 e. The van der Waals surface area contributed by atoms with Gasteiger partial charge in [0.1, 0.15) is 0 Å². The molecule has 0 unspecified atom stereocenters. The predicted octanol–water partition coefficient (Wildman–Crippen LogP) is 3.18. The molecule has 16 heavy (non-hydrogen) atoms. The van der Waals surface area contributed by atoms with Gasteiger partial charge < -0.3 is 9.84 Å². The van der Waals surface area contributed by atoms with Crippen molar-refractivity contribution in [3.05, 3.63) is 33.3 Å². The van der Waals surface area contributed by atoms with E-state index in [9.17, 15) is 5.11 Å². The highest BCUT2D eigenvalue weighted by Gasteiger charge is 2.43. The Bertz CT molecular complexity index is 389. The van der Waals surface area contributed by atoms with E-state index >= 15 is 0 Å². The van der Waals surface area contributed by atoms with E-state index in [0.717, 1.165) is 10.0 Å². The molecule has 0 atom stereocenters. The minimum Gasteiger partial charge on any atom is -0.389 e. The van der Waals surface area contributed by atoms with Crippen LogP contribution in [0.15, 0.2) is 22.7 Å². The molecule has 0 heterocycles. The molecule has 0 radical (unpaired) electrons. The number of methoxy groups -OCH3 is 1. The molecule has 0 saturated heterocycles. The monoisotopic (exact) mass is 304 g/mol. The second kappa shape index (κ2) is 4.65. The van der Waals surface area contributed by atoms with Crippen LogP contribution in [-0.2, 0) is 11.2 Å². The molecule has 1 aliphatic carbocycles. The fourth-order valence-electron chi connectivity index (χ4n) is 2.12. The van der Waals surface area contributed by atoms with Gasteiger partial charge in [-0.05, 0) is 17.7 Å². The summed E-state index contributed by atoms with van der Waals surface area (Å²) in [5.41, 5.74) is 0.347. The Hall–Kier alpha value is -0.0900. The number of hydrogen-bond donors (Lipinski definition) is 1. The summed E-state index contributed by atoms with van der Waals surface area (Å²) in [6, 6.07) is 5.74. The minimum atomic E-state index is -0.641. The molecular weight excluding hydrogens is 291 g/mol. The first-order chi connectivity index (χ1) is 7.52. The SMILES string of the molecule is COC1CC(O)(Cc2ccc(Br)cc2Cl)C1. The van der Waals surface area contributed by atoms with E-state index in [0.29, 0.717) is 24.3 Å². The highest BCUT2D eigenvalue weighted by molar-refractivity contribution is 9.10. The van der Waals surface area contributed by atoms with Gasteiger partial charge in [-0.25, -0.2) is 0 Å². The average molecular weight is 306 g/mol. The zero-order valence-electron chi connectivity index (χ0n) is 9.04. The Morgan fingerprint density at radius 1 is 1.56 bits per heavy atom. The summed E-state index contributed by atoms with van der Waals surface area (Å²) in [5.74, 6) is 0. The van der Waals surface area contributed by atoms with Crippen LogP contribution in [0.3, 0.4) is 0 Å². The summed E-state index contributed by atoms with van der Waals surface area (Å²) in [6.45, 7) is 0. The molecule has 1 aliphatic rings. The molecule has 1 aromatic rings. The normalized spacial score (nSPS) is 28.9. The molecule has 0 aromatic heterocycles. The first-order valence-electron chi connectivity index (χ1n) is 5.21.